The van der Waals surface area contributed by atoms with Crippen LogP contribution in [0, 0.1) is 6.92 Å². The van der Waals surface area contributed by atoms with E-state index >= 15 is 0 Å². The second kappa shape index (κ2) is 10.6. The van der Waals surface area contributed by atoms with Gasteiger partial charge in [0.1, 0.15) is 0 Å². The smallest absolute Gasteiger partial charge is 0.0683 e. The Morgan fingerprint density at radius 2 is 1.29 bits per heavy atom. The average Bonchev–Trinajstić information content (AvgIpc) is 2.63. The van der Waals surface area contributed by atoms with E-state index < -0.39 is 0 Å². The Balaban J connectivity index is 0.000000648. The van der Waals surface area contributed by atoms with Crippen LogP contribution in [-0.2, 0) is 0 Å². The molecule has 0 unspecified atom stereocenters. The maximum atomic E-state index is 4.17. The van der Waals surface area contributed by atoms with E-state index in [1.807, 2.05) is 0 Å². The van der Waals surface area contributed by atoms with E-state index in [-0.39, 0.29) is 0 Å². The lowest BCUT2D eigenvalue weighted by atomic mass is 10.0. The summed E-state index contributed by atoms with van der Waals surface area (Å²) in [5.74, 6) is 0. The van der Waals surface area contributed by atoms with Crippen LogP contribution in [0.25, 0.3) is 16.8 Å². The van der Waals surface area contributed by atoms with Crippen molar-refractivity contribution in [2.45, 2.75) is 53.9 Å². The molecule has 0 aliphatic heterocycles. The molecule has 24 heavy (non-hydrogen) atoms. The lowest BCUT2D eigenvalue weighted by Gasteiger charge is -2.08. The number of aryl methyl sites for hydroxylation is 1. The van der Waals surface area contributed by atoms with Crippen LogP contribution in [0.15, 0.2) is 59.1 Å². The molecule has 0 spiro atoms. The van der Waals surface area contributed by atoms with E-state index in [2.05, 4.69) is 94.9 Å². The van der Waals surface area contributed by atoms with Crippen LogP contribution in [0.3, 0.4) is 0 Å². The Hall–Kier alpha value is -2.15. The number of nitrogens with zero attached hydrogens (tertiary/aromatic N) is 1. The summed E-state index contributed by atoms with van der Waals surface area (Å²) in [6.45, 7) is 14.4. The van der Waals surface area contributed by atoms with Gasteiger partial charge in [0.05, 0.1) is 5.70 Å². The number of rotatable bonds is 5. The number of hydrogen-bond donors (Lipinski definition) is 0. The van der Waals surface area contributed by atoms with Crippen molar-refractivity contribution in [3.63, 3.8) is 0 Å². The minimum atomic E-state index is 0.994. The maximum Gasteiger partial charge on any atom is 0.0683 e. The fourth-order valence-electron chi connectivity index (χ4n) is 2.21. The minimum absolute atomic E-state index is 0.994. The molecular formula is C23H31N. The van der Waals surface area contributed by atoms with Gasteiger partial charge in [-0.3, -0.25) is 4.99 Å². The van der Waals surface area contributed by atoms with Crippen LogP contribution < -0.4 is 0 Å². The van der Waals surface area contributed by atoms with E-state index in [1.54, 1.807) is 0 Å². The molecule has 0 aliphatic carbocycles. The normalized spacial score (nSPS) is 11.2. The van der Waals surface area contributed by atoms with Crippen LogP contribution in [0.5, 0.6) is 0 Å². The maximum absolute atomic E-state index is 4.17. The first-order valence-electron chi connectivity index (χ1n) is 8.91. The van der Waals surface area contributed by atoms with Crippen LogP contribution in [-0.4, -0.2) is 6.72 Å². The van der Waals surface area contributed by atoms with Crippen LogP contribution in [0.1, 0.15) is 58.1 Å². The third-order valence-corrected chi connectivity index (χ3v) is 4.14. The van der Waals surface area contributed by atoms with Gasteiger partial charge in [0, 0.05) is 5.56 Å². The van der Waals surface area contributed by atoms with E-state index in [1.165, 1.54) is 35.1 Å². The van der Waals surface area contributed by atoms with E-state index in [0.29, 0.717) is 0 Å². The molecule has 0 amide bonds. The molecule has 2 aromatic rings. The topological polar surface area (TPSA) is 12.4 Å². The molecule has 1 nitrogen and oxygen atoms in total. The van der Waals surface area contributed by atoms with Crippen LogP contribution in [0.2, 0.25) is 0 Å². The highest BCUT2D eigenvalue weighted by atomic mass is 14.7. The van der Waals surface area contributed by atoms with Crippen molar-refractivity contribution >= 4 is 12.4 Å². The first-order valence-corrected chi connectivity index (χ1v) is 8.91. The third kappa shape index (κ3) is 5.81. The second-order valence-corrected chi connectivity index (χ2v) is 6.08. The molecule has 0 bridgehead atoms. The van der Waals surface area contributed by atoms with Gasteiger partial charge in [0.15, 0.2) is 0 Å². The molecule has 0 aliphatic rings. The molecule has 0 fully saturated rings. The molecule has 0 atom stereocenters. The van der Waals surface area contributed by atoms with Crippen LogP contribution in [0.4, 0.5) is 0 Å². The van der Waals surface area contributed by atoms with Gasteiger partial charge in [-0.05, 0) is 43.7 Å². The van der Waals surface area contributed by atoms with Crippen molar-refractivity contribution in [2.75, 3.05) is 0 Å². The Kier molecular flexibility index (Phi) is 8.78. The van der Waals surface area contributed by atoms with Gasteiger partial charge < -0.3 is 0 Å². The second-order valence-electron chi connectivity index (χ2n) is 6.08. The zero-order valence-corrected chi connectivity index (χ0v) is 15.9. The van der Waals surface area contributed by atoms with Crippen LogP contribution >= 0.6 is 0 Å². The highest BCUT2D eigenvalue weighted by Crippen LogP contribution is 2.25. The summed E-state index contributed by atoms with van der Waals surface area (Å²) >= 11 is 0. The molecule has 0 radical (unpaired) electrons. The zero-order chi connectivity index (χ0) is 17.9. The fraction of sp³-hybridized carbons (Fsp3) is 0.348. The van der Waals surface area contributed by atoms with Gasteiger partial charge >= 0.3 is 0 Å². The molecule has 128 valence electrons. The van der Waals surface area contributed by atoms with Gasteiger partial charge in [0.2, 0.25) is 0 Å². The van der Waals surface area contributed by atoms with Crippen molar-refractivity contribution in [1.29, 1.82) is 0 Å². The van der Waals surface area contributed by atoms with Crippen molar-refractivity contribution in [3.05, 3.63) is 65.2 Å². The van der Waals surface area contributed by atoms with Crippen molar-refractivity contribution in [3.8, 4) is 11.1 Å². The lowest BCUT2D eigenvalue weighted by Crippen LogP contribution is -1.87. The quantitative estimate of drug-likeness (QED) is 0.512. The van der Waals surface area contributed by atoms with Crippen molar-refractivity contribution in [1.82, 2.24) is 0 Å². The first kappa shape index (κ1) is 19.9. The highest BCUT2D eigenvalue weighted by molar-refractivity contribution is 5.73. The van der Waals surface area contributed by atoms with Gasteiger partial charge in [-0.15, -0.1) is 0 Å². The summed E-state index contributed by atoms with van der Waals surface area (Å²) in [6, 6.07) is 17.1. The number of allylic oxidation sites excluding steroid dienone is 1. The summed E-state index contributed by atoms with van der Waals surface area (Å²) in [5, 5.41) is 0. The van der Waals surface area contributed by atoms with Gasteiger partial charge in [-0.25, -0.2) is 0 Å². The molecule has 0 saturated carbocycles. The average molecular weight is 322 g/mol. The Labute approximate surface area is 148 Å². The monoisotopic (exact) mass is 321 g/mol. The number of hydrogen-bond acceptors (Lipinski definition) is 1. The number of unbranched alkanes of at least 4 members (excludes halogenated alkanes) is 1. The number of benzene rings is 2. The van der Waals surface area contributed by atoms with Crippen molar-refractivity contribution < 1.29 is 0 Å². The third-order valence-electron chi connectivity index (χ3n) is 4.14. The van der Waals surface area contributed by atoms with Gasteiger partial charge in [-0.2, -0.15) is 0 Å². The minimum Gasteiger partial charge on any atom is -0.264 e. The number of aliphatic imine (C=N–C) groups is 1. The first-order chi connectivity index (χ1) is 11.6. The molecule has 0 aromatic heterocycles. The molecule has 2 aromatic carbocycles. The lowest BCUT2D eigenvalue weighted by molar-refractivity contribution is 0.886. The summed E-state index contributed by atoms with van der Waals surface area (Å²) < 4.78 is 0. The molecule has 0 saturated heterocycles. The molecule has 2 rings (SSSR count). The largest absolute Gasteiger partial charge is 0.264 e. The summed E-state index contributed by atoms with van der Waals surface area (Å²) in [5.41, 5.74) is 7.16. The van der Waals surface area contributed by atoms with Crippen molar-refractivity contribution in [2.24, 2.45) is 4.99 Å². The molecule has 0 N–H and O–H groups in total. The van der Waals surface area contributed by atoms with E-state index in [4.69, 9.17) is 0 Å². The Morgan fingerprint density at radius 1 is 0.833 bits per heavy atom. The standard InChI is InChI=1S/C19H21N.C4H10/c1-5-15(3)19(20-4)18-12-10-17(11-13-18)16-8-6-14(2)7-9-16;1-3-4-2/h6-13H,4-5H2,1-3H3;3-4H2,1-2H3/b19-15+;. The predicted octanol–water partition coefficient (Wildman–Crippen LogP) is 7.31. The fourth-order valence-corrected chi connectivity index (χ4v) is 2.21. The Morgan fingerprint density at radius 3 is 1.67 bits per heavy atom. The Bertz CT molecular complexity index is 643. The van der Waals surface area contributed by atoms with E-state index in [0.717, 1.165) is 17.7 Å². The highest BCUT2D eigenvalue weighted by Gasteiger charge is 2.04. The van der Waals surface area contributed by atoms with E-state index in [9.17, 15) is 0 Å². The predicted molar refractivity (Wildman–Crippen MR) is 110 cm³/mol. The molecular weight excluding hydrogens is 290 g/mol. The summed E-state index contributed by atoms with van der Waals surface area (Å²) in [6.07, 6.45) is 3.63. The van der Waals surface area contributed by atoms with Gasteiger partial charge in [0.25, 0.3) is 0 Å². The molecule has 1 heteroatoms. The summed E-state index contributed by atoms with van der Waals surface area (Å²) in [4.78, 5) is 4.17. The zero-order valence-electron chi connectivity index (χ0n) is 15.9. The summed E-state index contributed by atoms with van der Waals surface area (Å²) in [7, 11) is 0. The SMILES string of the molecule is C=N/C(=C(\C)CC)c1ccc(-c2ccc(C)cc2)cc1.CCCC. The van der Waals surface area contributed by atoms with Gasteiger partial charge in [-0.1, -0.05) is 87.7 Å². The molecule has 0 heterocycles.